The number of carbonyl (C=O) groups is 1. The minimum absolute atomic E-state index is 0.101. The third-order valence-corrected chi connectivity index (χ3v) is 7.54. The van der Waals surface area contributed by atoms with Crippen LogP contribution in [0.15, 0.2) is 81.6 Å². The van der Waals surface area contributed by atoms with E-state index in [0.717, 1.165) is 26.9 Å². The van der Waals surface area contributed by atoms with Crippen molar-refractivity contribution in [2.75, 3.05) is 30.3 Å². The standard InChI is InChI=1S/C24H22FN3O5S2/c1-34-20-8-2-17(3-9-20)15-26-27-24(29)16-28(19-6-4-18(25)5-7-19)35(30,31)21-10-11-22-23(14-21)33-13-12-32-22/h2-11,14-15H,12-13,16H2,1H3,(H,27,29)/b26-15-. The number of halogens is 1. The molecule has 0 saturated carbocycles. The van der Waals surface area contributed by atoms with Gasteiger partial charge in [-0.25, -0.2) is 18.2 Å². The lowest BCUT2D eigenvalue weighted by Gasteiger charge is -2.25. The van der Waals surface area contributed by atoms with Crippen molar-refractivity contribution in [1.82, 2.24) is 5.43 Å². The Labute approximate surface area is 206 Å². The molecule has 0 fully saturated rings. The highest BCUT2D eigenvalue weighted by molar-refractivity contribution is 7.98. The summed E-state index contributed by atoms with van der Waals surface area (Å²) in [5.41, 5.74) is 3.23. The molecule has 4 rings (SSSR count). The van der Waals surface area contributed by atoms with Crippen LogP contribution in [-0.2, 0) is 14.8 Å². The van der Waals surface area contributed by atoms with Crippen molar-refractivity contribution in [3.8, 4) is 11.5 Å². The Kier molecular flexibility index (Phi) is 7.57. The molecule has 1 N–H and O–H groups in total. The molecule has 0 spiro atoms. The summed E-state index contributed by atoms with van der Waals surface area (Å²) in [7, 11) is -4.22. The Morgan fingerprint density at radius 3 is 2.43 bits per heavy atom. The second-order valence-corrected chi connectivity index (χ2v) is 10.1. The van der Waals surface area contributed by atoms with E-state index in [4.69, 9.17) is 9.47 Å². The van der Waals surface area contributed by atoms with E-state index in [0.29, 0.717) is 19.0 Å². The number of hydrogen-bond donors (Lipinski definition) is 1. The topological polar surface area (TPSA) is 97.3 Å². The van der Waals surface area contributed by atoms with Crippen molar-refractivity contribution in [3.05, 3.63) is 78.1 Å². The van der Waals surface area contributed by atoms with E-state index < -0.39 is 28.3 Å². The number of hydrogen-bond acceptors (Lipinski definition) is 7. The summed E-state index contributed by atoms with van der Waals surface area (Å²) in [6.07, 6.45) is 3.43. The second kappa shape index (κ2) is 10.8. The molecule has 1 amide bonds. The third kappa shape index (κ3) is 5.92. The lowest BCUT2D eigenvalue weighted by Crippen LogP contribution is -2.39. The number of amides is 1. The summed E-state index contributed by atoms with van der Waals surface area (Å²) in [5, 5.41) is 3.92. The van der Waals surface area contributed by atoms with Gasteiger partial charge in [-0.05, 0) is 60.4 Å². The molecule has 11 heteroatoms. The van der Waals surface area contributed by atoms with E-state index >= 15 is 0 Å². The number of hydrazone groups is 1. The molecule has 0 aromatic heterocycles. The number of sulfonamides is 1. The molecule has 0 aliphatic carbocycles. The predicted molar refractivity (Wildman–Crippen MR) is 132 cm³/mol. The molecule has 0 saturated heterocycles. The summed E-state index contributed by atoms with van der Waals surface area (Å²) in [6.45, 7) is 0.0763. The van der Waals surface area contributed by atoms with Crippen molar-refractivity contribution < 1.29 is 27.1 Å². The van der Waals surface area contributed by atoms with Crippen LogP contribution in [0.4, 0.5) is 10.1 Å². The molecule has 0 radical (unpaired) electrons. The van der Waals surface area contributed by atoms with Crippen LogP contribution >= 0.6 is 11.8 Å². The molecule has 182 valence electrons. The molecule has 1 aliphatic rings. The molecule has 1 aliphatic heterocycles. The number of rotatable bonds is 8. The minimum atomic E-state index is -4.22. The quantitative estimate of drug-likeness (QED) is 0.279. The van der Waals surface area contributed by atoms with Gasteiger partial charge in [0.2, 0.25) is 0 Å². The zero-order chi connectivity index (χ0) is 24.8. The molecule has 0 bridgehead atoms. The van der Waals surface area contributed by atoms with E-state index in [1.807, 2.05) is 30.5 Å². The highest BCUT2D eigenvalue weighted by Crippen LogP contribution is 2.34. The largest absolute Gasteiger partial charge is 0.486 e. The van der Waals surface area contributed by atoms with E-state index in [1.165, 1.54) is 36.5 Å². The second-order valence-electron chi connectivity index (χ2n) is 7.36. The normalized spacial score (nSPS) is 13.0. The van der Waals surface area contributed by atoms with Crippen LogP contribution in [0.2, 0.25) is 0 Å². The third-order valence-electron chi connectivity index (χ3n) is 5.02. The lowest BCUT2D eigenvalue weighted by atomic mass is 10.2. The fourth-order valence-electron chi connectivity index (χ4n) is 3.27. The Hall–Kier alpha value is -3.57. The van der Waals surface area contributed by atoms with E-state index in [1.54, 1.807) is 11.8 Å². The number of carbonyl (C=O) groups excluding carboxylic acids is 1. The Bertz CT molecular complexity index is 1330. The molecule has 3 aromatic rings. The maximum atomic E-state index is 13.5. The molecule has 0 atom stereocenters. The number of anilines is 1. The molecular formula is C24H22FN3O5S2. The van der Waals surface area contributed by atoms with Crippen LogP contribution in [0.3, 0.4) is 0 Å². The molecule has 0 unspecified atom stereocenters. The van der Waals surface area contributed by atoms with Gasteiger partial charge in [0.1, 0.15) is 25.6 Å². The predicted octanol–water partition coefficient (Wildman–Crippen LogP) is 3.66. The van der Waals surface area contributed by atoms with Crippen molar-refractivity contribution in [3.63, 3.8) is 0 Å². The van der Waals surface area contributed by atoms with Gasteiger partial charge in [0.05, 0.1) is 16.8 Å². The Balaban J connectivity index is 1.56. The number of thioether (sulfide) groups is 1. The van der Waals surface area contributed by atoms with Gasteiger partial charge in [-0.2, -0.15) is 5.10 Å². The van der Waals surface area contributed by atoms with E-state index in [2.05, 4.69) is 10.5 Å². The first kappa shape index (κ1) is 24.6. The first-order valence-electron chi connectivity index (χ1n) is 10.5. The summed E-state index contributed by atoms with van der Waals surface area (Å²) in [4.78, 5) is 13.6. The fraction of sp³-hybridized carbons (Fsp3) is 0.167. The van der Waals surface area contributed by atoms with Gasteiger partial charge >= 0.3 is 0 Å². The van der Waals surface area contributed by atoms with Gasteiger partial charge in [0, 0.05) is 11.0 Å². The van der Waals surface area contributed by atoms with Gasteiger partial charge in [0.25, 0.3) is 15.9 Å². The van der Waals surface area contributed by atoms with Crippen LogP contribution in [0.1, 0.15) is 5.56 Å². The lowest BCUT2D eigenvalue weighted by molar-refractivity contribution is -0.119. The van der Waals surface area contributed by atoms with Gasteiger partial charge in [-0.1, -0.05) is 12.1 Å². The summed E-state index contributed by atoms with van der Waals surface area (Å²) >= 11 is 1.60. The zero-order valence-corrected chi connectivity index (χ0v) is 20.3. The van der Waals surface area contributed by atoms with Gasteiger partial charge < -0.3 is 9.47 Å². The van der Waals surface area contributed by atoms with Crippen molar-refractivity contribution in [2.45, 2.75) is 9.79 Å². The maximum absolute atomic E-state index is 13.5. The molecule has 35 heavy (non-hydrogen) atoms. The van der Waals surface area contributed by atoms with Crippen LogP contribution < -0.4 is 19.2 Å². The zero-order valence-electron chi connectivity index (χ0n) is 18.7. The maximum Gasteiger partial charge on any atom is 0.264 e. The monoisotopic (exact) mass is 515 g/mol. The van der Waals surface area contributed by atoms with Crippen LogP contribution in [0, 0.1) is 5.82 Å². The smallest absolute Gasteiger partial charge is 0.264 e. The van der Waals surface area contributed by atoms with Crippen LogP contribution in [0.5, 0.6) is 11.5 Å². The molecule has 1 heterocycles. The van der Waals surface area contributed by atoms with Crippen molar-refractivity contribution in [1.29, 1.82) is 0 Å². The SMILES string of the molecule is CSc1ccc(/C=N\NC(=O)CN(c2ccc(F)cc2)S(=O)(=O)c2ccc3c(c2)OCCO3)cc1. The minimum Gasteiger partial charge on any atom is -0.486 e. The highest BCUT2D eigenvalue weighted by Gasteiger charge is 2.29. The van der Waals surface area contributed by atoms with Crippen molar-refractivity contribution >= 4 is 39.6 Å². The van der Waals surface area contributed by atoms with Gasteiger partial charge in [-0.15, -0.1) is 11.8 Å². The highest BCUT2D eigenvalue weighted by atomic mass is 32.2. The van der Waals surface area contributed by atoms with E-state index in [-0.39, 0.29) is 16.3 Å². The summed E-state index contributed by atoms with van der Waals surface area (Å²) in [6, 6.07) is 16.6. The van der Waals surface area contributed by atoms with Crippen LogP contribution in [0.25, 0.3) is 0 Å². The number of nitrogens with zero attached hydrogens (tertiary/aromatic N) is 2. The first-order valence-corrected chi connectivity index (χ1v) is 13.2. The average molecular weight is 516 g/mol. The molecule has 3 aromatic carbocycles. The molecular weight excluding hydrogens is 493 g/mol. The van der Waals surface area contributed by atoms with Crippen molar-refractivity contribution in [2.24, 2.45) is 5.10 Å². The first-order chi connectivity index (χ1) is 16.9. The summed E-state index contributed by atoms with van der Waals surface area (Å²) < 4.78 is 52.3. The number of fused-ring (bicyclic) bond motifs is 1. The molecule has 8 nitrogen and oxygen atoms in total. The van der Waals surface area contributed by atoms with Gasteiger partial charge in [-0.3, -0.25) is 9.10 Å². The average Bonchev–Trinajstić information content (AvgIpc) is 2.88. The van der Waals surface area contributed by atoms with Crippen LogP contribution in [-0.4, -0.2) is 46.6 Å². The van der Waals surface area contributed by atoms with E-state index in [9.17, 15) is 17.6 Å². The van der Waals surface area contributed by atoms with Gasteiger partial charge in [0.15, 0.2) is 11.5 Å². The number of nitrogens with one attached hydrogen (secondary N) is 1. The number of ether oxygens (including phenoxy) is 2. The Morgan fingerprint density at radius 2 is 1.74 bits per heavy atom. The number of benzene rings is 3. The fourth-order valence-corrected chi connectivity index (χ4v) is 5.11. The summed E-state index contributed by atoms with van der Waals surface area (Å²) in [5.74, 6) is -0.488. The Morgan fingerprint density at radius 1 is 1.06 bits per heavy atom.